The summed E-state index contributed by atoms with van der Waals surface area (Å²) < 4.78 is 1.41. The normalized spacial score (nSPS) is 15.1. The van der Waals surface area contributed by atoms with Crippen molar-refractivity contribution >= 4 is 38.8 Å². The van der Waals surface area contributed by atoms with Gasteiger partial charge in [-0.2, -0.15) is 0 Å². The van der Waals surface area contributed by atoms with Crippen LogP contribution in [0.2, 0.25) is 0 Å². The van der Waals surface area contributed by atoms with Crippen molar-refractivity contribution in [3.63, 3.8) is 0 Å². The van der Waals surface area contributed by atoms with Crippen LogP contribution in [0, 0.1) is 0 Å². The van der Waals surface area contributed by atoms with Crippen molar-refractivity contribution in [1.82, 2.24) is 24.7 Å². The van der Waals surface area contributed by atoms with Gasteiger partial charge < -0.3 is 5.32 Å². The van der Waals surface area contributed by atoms with Crippen LogP contribution >= 0.6 is 22.7 Å². The first-order valence-electron chi connectivity index (χ1n) is 11.4. The van der Waals surface area contributed by atoms with Gasteiger partial charge in [0.2, 0.25) is 5.91 Å². The molecule has 0 radical (unpaired) electrons. The highest BCUT2D eigenvalue weighted by atomic mass is 32.1. The number of fused-ring (bicyclic) bond motifs is 1. The molecule has 0 unspecified atom stereocenters. The zero-order chi connectivity index (χ0) is 23.3. The number of amides is 1. The topological polar surface area (TPSA) is 70.5 Å². The van der Waals surface area contributed by atoms with E-state index in [9.17, 15) is 9.59 Å². The van der Waals surface area contributed by atoms with E-state index in [2.05, 4.69) is 44.4 Å². The van der Waals surface area contributed by atoms with Crippen LogP contribution in [0.25, 0.3) is 20.7 Å². The van der Waals surface area contributed by atoms with E-state index in [0.717, 1.165) is 49.7 Å². The molecule has 1 aromatic carbocycles. The Labute approximate surface area is 206 Å². The fourth-order valence-electron chi connectivity index (χ4n) is 4.27. The van der Waals surface area contributed by atoms with Gasteiger partial charge in [-0.3, -0.25) is 24.0 Å². The Hall–Kier alpha value is -2.85. The van der Waals surface area contributed by atoms with Gasteiger partial charge in [-0.25, -0.2) is 4.98 Å². The maximum Gasteiger partial charge on any atom is 0.263 e. The quantitative estimate of drug-likeness (QED) is 0.408. The Kier molecular flexibility index (Phi) is 7.15. The lowest BCUT2D eigenvalue weighted by molar-refractivity contribution is -0.121. The number of carbonyl (C=O) groups is 1. The van der Waals surface area contributed by atoms with E-state index < -0.39 is 0 Å². The molecule has 0 bridgehead atoms. The van der Waals surface area contributed by atoms with Gasteiger partial charge in [-0.05, 0) is 17.0 Å². The smallest absolute Gasteiger partial charge is 0.263 e. The summed E-state index contributed by atoms with van der Waals surface area (Å²) in [6, 6.07) is 14.5. The zero-order valence-corrected chi connectivity index (χ0v) is 20.5. The molecule has 0 saturated carbocycles. The summed E-state index contributed by atoms with van der Waals surface area (Å²) in [7, 11) is 0. The van der Waals surface area contributed by atoms with Gasteiger partial charge in [0, 0.05) is 61.6 Å². The van der Waals surface area contributed by atoms with Gasteiger partial charge >= 0.3 is 0 Å². The number of aromatic nitrogens is 2. The van der Waals surface area contributed by atoms with Crippen molar-refractivity contribution in [3.8, 4) is 10.4 Å². The molecule has 7 nitrogen and oxygen atoms in total. The van der Waals surface area contributed by atoms with E-state index in [1.807, 2.05) is 29.0 Å². The molecule has 1 amide bonds. The minimum absolute atomic E-state index is 0.0215. The van der Waals surface area contributed by atoms with Gasteiger partial charge in [0.1, 0.15) is 11.4 Å². The maximum absolute atomic E-state index is 13.1. The number of rotatable bonds is 8. The molecule has 5 rings (SSSR count). The Balaban J connectivity index is 1.11. The molecule has 4 heterocycles. The number of hydrogen-bond donors (Lipinski definition) is 1. The van der Waals surface area contributed by atoms with Gasteiger partial charge in [-0.1, -0.05) is 36.4 Å². The van der Waals surface area contributed by atoms with Crippen molar-refractivity contribution in [1.29, 1.82) is 0 Å². The standard InChI is InChI=1S/C25H27N5O2S2/c31-22(26-8-9-28-10-12-29(13-11-28)15-19-5-2-1-3-6-19)16-30-18-27-24-23(25(30)32)20(17-34-24)21-7-4-14-33-21/h1-7,14,17-18H,8-13,15-16H2,(H,26,31). The maximum atomic E-state index is 13.1. The van der Waals surface area contributed by atoms with Crippen molar-refractivity contribution in [2.75, 3.05) is 39.3 Å². The van der Waals surface area contributed by atoms with Crippen LogP contribution in [-0.2, 0) is 17.9 Å². The van der Waals surface area contributed by atoms with E-state index in [1.165, 1.54) is 27.8 Å². The van der Waals surface area contributed by atoms with E-state index in [1.54, 1.807) is 11.3 Å². The first-order chi connectivity index (χ1) is 16.7. The number of nitrogens with one attached hydrogen (secondary N) is 1. The summed E-state index contributed by atoms with van der Waals surface area (Å²) in [5.74, 6) is -0.168. The highest BCUT2D eigenvalue weighted by Crippen LogP contribution is 2.33. The minimum atomic E-state index is -0.168. The average Bonchev–Trinajstić information content (AvgIpc) is 3.53. The van der Waals surface area contributed by atoms with Crippen molar-refractivity contribution in [3.05, 3.63) is 75.5 Å². The van der Waals surface area contributed by atoms with Gasteiger partial charge in [0.05, 0.1) is 11.7 Å². The summed E-state index contributed by atoms with van der Waals surface area (Å²) in [5.41, 5.74) is 2.07. The summed E-state index contributed by atoms with van der Waals surface area (Å²) in [5, 5.41) is 7.51. The summed E-state index contributed by atoms with van der Waals surface area (Å²) >= 11 is 3.05. The average molecular weight is 494 g/mol. The molecule has 0 aliphatic carbocycles. The van der Waals surface area contributed by atoms with Crippen LogP contribution in [0.3, 0.4) is 0 Å². The SMILES string of the molecule is O=C(Cn1cnc2scc(-c3cccs3)c2c1=O)NCCN1CCN(Cc2ccccc2)CC1. The summed E-state index contributed by atoms with van der Waals surface area (Å²) in [6.07, 6.45) is 1.48. The van der Waals surface area contributed by atoms with E-state index in [-0.39, 0.29) is 18.0 Å². The molecular weight excluding hydrogens is 466 g/mol. The van der Waals surface area contributed by atoms with E-state index in [4.69, 9.17) is 0 Å². The lowest BCUT2D eigenvalue weighted by Crippen LogP contribution is -2.48. The molecule has 3 aromatic heterocycles. The summed E-state index contributed by atoms with van der Waals surface area (Å²) in [6.45, 7) is 6.38. The molecule has 4 aromatic rings. The van der Waals surface area contributed by atoms with Crippen molar-refractivity contribution in [2.45, 2.75) is 13.1 Å². The predicted molar refractivity (Wildman–Crippen MR) is 138 cm³/mol. The largest absolute Gasteiger partial charge is 0.353 e. The number of hydrogen-bond acceptors (Lipinski definition) is 7. The van der Waals surface area contributed by atoms with Crippen LogP contribution in [0.4, 0.5) is 0 Å². The number of carbonyl (C=O) groups excluding carboxylic acids is 1. The van der Waals surface area contributed by atoms with E-state index in [0.29, 0.717) is 16.8 Å². The Morgan fingerprint density at radius 2 is 1.79 bits per heavy atom. The second-order valence-corrected chi connectivity index (χ2v) is 10.2. The van der Waals surface area contributed by atoms with Crippen molar-refractivity contribution < 1.29 is 4.79 Å². The Morgan fingerprint density at radius 3 is 2.56 bits per heavy atom. The molecule has 1 aliphatic rings. The molecule has 176 valence electrons. The molecule has 1 fully saturated rings. The predicted octanol–water partition coefficient (Wildman–Crippen LogP) is 3.12. The first kappa shape index (κ1) is 22.9. The highest BCUT2D eigenvalue weighted by Gasteiger charge is 2.18. The third-order valence-corrected chi connectivity index (χ3v) is 7.91. The number of piperazine rings is 1. The Bertz CT molecular complexity index is 1290. The molecule has 1 N–H and O–H groups in total. The molecule has 9 heteroatoms. The lowest BCUT2D eigenvalue weighted by atomic mass is 10.2. The minimum Gasteiger partial charge on any atom is -0.353 e. The van der Waals surface area contributed by atoms with Gasteiger partial charge in [0.15, 0.2) is 0 Å². The molecule has 0 atom stereocenters. The van der Waals surface area contributed by atoms with Crippen LogP contribution in [0.5, 0.6) is 0 Å². The lowest BCUT2D eigenvalue weighted by Gasteiger charge is -2.34. The molecule has 1 aliphatic heterocycles. The van der Waals surface area contributed by atoms with Crippen LogP contribution in [-0.4, -0.2) is 64.5 Å². The number of benzene rings is 1. The molecule has 34 heavy (non-hydrogen) atoms. The van der Waals surface area contributed by atoms with Gasteiger partial charge in [0.25, 0.3) is 5.56 Å². The van der Waals surface area contributed by atoms with Crippen LogP contribution in [0.1, 0.15) is 5.56 Å². The fourth-order valence-corrected chi connectivity index (χ4v) is 5.99. The third kappa shape index (κ3) is 5.28. The van der Waals surface area contributed by atoms with E-state index >= 15 is 0 Å². The van der Waals surface area contributed by atoms with Gasteiger partial charge in [-0.15, -0.1) is 22.7 Å². The number of thiophene rings is 2. The van der Waals surface area contributed by atoms with Crippen molar-refractivity contribution in [2.24, 2.45) is 0 Å². The molecular formula is C25H27N5O2S2. The molecule has 1 saturated heterocycles. The fraction of sp³-hybridized carbons (Fsp3) is 0.320. The number of nitrogens with zero attached hydrogens (tertiary/aromatic N) is 4. The van der Waals surface area contributed by atoms with Crippen LogP contribution < -0.4 is 10.9 Å². The monoisotopic (exact) mass is 493 g/mol. The molecule has 0 spiro atoms. The second kappa shape index (κ2) is 10.6. The van der Waals surface area contributed by atoms with Crippen LogP contribution in [0.15, 0.2) is 64.3 Å². The second-order valence-electron chi connectivity index (χ2n) is 8.44. The highest BCUT2D eigenvalue weighted by molar-refractivity contribution is 7.18. The third-order valence-electron chi connectivity index (χ3n) is 6.13. The Morgan fingerprint density at radius 1 is 1.00 bits per heavy atom. The zero-order valence-electron chi connectivity index (χ0n) is 18.9. The first-order valence-corrected chi connectivity index (χ1v) is 13.2. The summed E-state index contributed by atoms with van der Waals surface area (Å²) in [4.78, 5) is 36.6.